The number of aromatic amines is 1. The van der Waals surface area contributed by atoms with Crippen LogP contribution in [0.25, 0.3) is 20.7 Å². The molecule has 3 aromatic heterocycles. The van der Waals surface area contributed by atoms with Crippen molar-refractivity contribution in [3.05, 3.63) is 119 Å². The number of nitrogens with one attached hydrogen (secondary N) is 4. The number of hydrogen-bond acceptors (Lipinski definition) is 8. The third-order valence-electron chi connectivity index (χ3n) is 6.62. The third kappa shape index (κ3) is 9.35. The lowest BCUT2D eigenvalue weighted by Gasteiger charge is -2.14. The van der Waals surface area contributed by atoms with Crippen molar-refractivity contribution in [2.75, 3.05) is 19.4 Å². The molecule has 4 N–H and O–H groups in total. The summed E-state index contributed by atoms with van der Waals surface area (Å²) in [7, 11) is 3.75. The number of hydrogen-bond donors (Lipinski definition) is 4. The van der Waals surface area contributed by atoms with E-state index in [1.807, 2.05) is 45.4 Å². The van der Waals surface area contributed by atoms with Crippen LogP contribution in [-0.4, -0.2) is 40.2 Å². The smallest absolute Gasteiger partial charge is 0.221 e. The quantitative estimate of drug-likeness (QED) is 0.124. The lowest BCUT2D eigenvalue weighted by atomic mass is 9.95. The summed E-state index contributed by atoms with van der Waals surface area (Å²) in [5.74, 6) is 0.905. The largest absolute Gasteiger partial charge is 0.487 e. The van der Waals surface area contributed by atoms with Crippen molar-refractivity contribution >= 4 is 50.6 Å². The molecule has 0 fully saturated rings. The molecule has 0 atom stereocenters. The Kier molecular flexibility index (Phi) is 12.8. The van der Waals surface area contributed by atoms with Gasteiger partial charge in [0.15, 0.2) is 0 Å². The number of aromatic nitrogens is 4. The lowest BCUT2D eigenvalue weighted by Crippen LogP contribution is -2.17. The number of thiophene rings is 1. The summed E-state index contributed by atoms with van der Waals surface area (Å²) in [6.07, 6.45) is 12.3. The molecule has 1 aliphatic carbocycles. The van der Waals surface area contributed by atoms with Gasteiger partial charge in [0.25, 0.3) is 0 Å². The number of fused-ring (bicyclic) bond motifs is 5. The number of H-pyrrole nitrogens is 1. The minimum atomic E-state index is -0.294. The summed E-state index contributed by atoms with van der Waals surface area (Å²) >= 11 is 8.13. The number of aryl methyl sites for hydroxylation is 2. The van der Waals surface area contributed by atoms with Gasteiger partial charge >= 0.3 is 0 Å². The van der Waals surface area contributed by atoms with Crippen molar-refractivity contribution in [3.8, 4) is 16.2 Å². The first-order chi connectivity index (χ1) is 22.8. The van der Waals surface area contributed by atoms with Crippen LogP contribution in [0.3, 0.4) is 0 Å². The molecule has 1 aliphatic rings. The highest BCUT2D eigenvalue weighted by molar-refractivity contribution is 7.22. The summed E-state index contributed by atoms with van der Waals surface area (Å²) in [5.41, 5.74) is 5.84. The first kappa shape index (κ1) is 35.0. The number of carbonyl (C=O) groups excluding carboxylic acids is 1. The van der Waals surface area contributed by atoms with Crippen LogP contribution in [0, 0.1) is 5.82 Å². The molecule has 1 amide bonds. The van der Waals surface area contributed by atoms with Gasteiger partial charge < -0.3 is 20.7 Å². The van der Waals surface area contributed by atoms with Crippen molar-refractivity contribution in [1.29, 1.82) is 0 Å². The zero-order chi connectivity index (χ0) is 33.8. The normalized spacial score (nSPS) is 11.8. The number of amides is 1. The summed E-state index contributed by atoms with van der Waals surface area (Å²) in [4.78, 5) is 21.7. The number of anilines is 2. The molecule has 2 aromatic carbocycles. The second kappa shape index (κ2) is 17.2. The van der Waals surface area contributed by atoms with Crippen LogP contribution in [0.1, 0.15) is 30.7 Å². The molecule has 0 radical (unpaired) electrons. The Morgan fingerprint density at radius 1 is 1.19 bits per heavy atom. The minimum absolute atomic E-state index is 0.0730. The molecule has 5 aromatic rings. The predicted octanol–water partition coefficient (Wildman–Crippen LogP) is 7.90. The van der Waals surface area contributed by atoms with E-state index in [1.165, 1.54) is 29.5 Å². The van der Waals surface area contributed by atoms with Gasteiger partial charge in [-0.05, 0) is 87.5 Å². The summed E-state index contributed by atoms with van der Waals surface area (Å²) < 4.78 is 19.2. The number of ether oxygens (including phenoxy) is 1. The Bertz CT molecular complexity index is 1900. The second-order valence-electron chi connectivity index (χ2n) is 10.3. The number of allylic oxidation sites excluding steroid dienone is 4. The fourth-order valence-corrected chi connectivity index (χ4v) is 6.22. The monoisotopic (exact) mass is 673 g/mol. The van der Waals surface area contributed by atoms with E-state index in [9.17, 15) is 9.18 Å². The van der Waals surface area contributed by atoms with Crippen LogP contribution in [0.5, 0.6) is 5.75 Å². The average molecular weight is 674 g/mol. The molecule has 0 saturated carbocycles. The number of benzene rings is 2. The zero-order valence-corrected chi connectivity index (χ0v) is 28.2. The highest BCUT2D eigenvalue weighted by Crippen LogP contribution is 2.45. The van der Waals surface area contributed by atoms with Crippen LogP contribution in [-0.2, 0) is 24.2 Å². The molecule has 0 unspecified atom stereocenters. The van der Waals surface area contributed by atoms with Crippen molar-refractivity contribution in [2.45, 2.75) is 33.3 Å². The van der Waals surface area contributed by atoms with Gasteiger partial charge in [-0.2, -0.15) is 5.10 Å². The van der Waals surface area contributed by atoms with Crippen LogP contribution in [0.15, 0.2) is 91.6 Å². The van der Waals surface area contributed by atoms with Crippen LogP contribution in [0.2, 0.25) is 5.02 Å². The van der Waals surface area contributed by atoms with E-state index in [1.54, 1.807) is 54.1 Å². The first-order valence-electron chi connectivity index (χ1n) is 14.8. The molecule has 0 bridgehead atoms. The fourth-order valence-electron chi connectivity index (χ4n) is 4.76. The van der Waals surface area contributed by atoms with E-state index in [4.69, 9.17) is 16.3 Å². The zero-order valence-electron chi connectivity index (χ0n) is 26.7. The van der Waals surface area contributed by atoms with Crippen LogP contribution < -0.4 is 20.7 Å². The van der Waals surface area contributed by atoms with Gasteiger partial charge in [0, 0.05) is 34.4 Å². The average Bonchev–Trinajstić information content (AvgIpc) is 3.67. The molecule has 244 valence electrons. The first-order valence-corrected chi connectivity index (χ1v) is 16.0. The highest BCUT2D eigenvalue weighted by Gasteiger charge is 2.25. The van der Waals surface area contributed by atoms with Gasteiger partial charge in [0.1, 0.15) is 35.1 Å². The van der Waals surface area contributed by atoms with Gasteiger partial charge in [-0.25, -0.2) is 14.4 Å². The van der Waals surface area contributed by atoms with Crippen molar-refractivity contribution in [1.82, 2.24) is 30.8 Å². The second-order valence-corrected chi connectivity index (χ2v) is 11.7. The third-order valence-corrected chi connectivity index (χ3v) is 8.09. The van der Waals surface area contributed by atoms with Crippen LogP contribution in [0.4, 0.5) is 15.9 Å². The molecule has 12 heteroatoms. The summed E-state index contributed by atoms with van der Waals surface area (Å²) in [5, 5.41) is 17.6. The lowest BCUT2D eigenvalue weighted by molar-refractivity contribution is -0.118. The molecule has 0 spiro atoms. The Morgan fingerprint density at radius 2 is 2.00 bits per heavy atom. The number of carbonyl (C=O) groups is 1. The van der Waals surface area contributed by atoms with E-state index >= 15 is 0 Å². The van der Waals surface area contributed by atoms with E-state index < -0.39 is 0 Å². The van der Waals surface area contributed by atoms with Crippen molar-refractivity contribution in [3.63, 3.8) is 0 Å². The summed E-state index contributed by atoms with van der Waals surface area (Å²) in [6.45, 7) is 7.12. The topological polar surface area (TPSA) is 117 Å². The molecular weight excluding hydrogens is 637 g/mol. The van der Waals surface area contributed by atoms with E-state index in [-0.39, 0.29) is 18.3 Å². The van der Waals surface area contributed by atoms with Crippen molar-refractivity contribution < 1.29 is 13.9 Å². The summed E-state index contributed by atoms with van der Waals surface area (Å²) in [6, 6.07) is 11.8. The van der Waals surface area contributed by atoms with Crippen molar-refractivity contribution in [2.24, 2.45) is 0 Å². The molecule has 9 nitrogen and oxygen atoms in total. The Labute approximate surface area is 282 Å². The molecular formula is C35H37ClFN7O2S. The standard InChI is InChI=1S/C24H17ClFN5OS.C9H13NO.C2H7N/c25-18-9-15(4-7-20(18)32-11-13-2-1-3-14(26)8-13)30-23-21-16-5-6-19-17(10-29-31-19)22(16)33-24(21)28-12-27-23;1-4-6-9(7-5-2)10-8(3)11;1-3-2/h1-4,7-10,12H,5-6,11H2,(H,29,31)(H,27,28,30);4-7H,1H2,2-3H3,(H,10,11);3H,1-2H3/b;7-5-,9-6+;. The SMILES string of the molecule is C=C/C=C(\C=C/C)NC(C)=O.CNC.Fc1cccc(COc2ccc(Nc3ncnc4sc5c(c34)CCc3[nH]ncc3-5)cc2Cl)c1. The highest BCUT2D eigenvalue weighted by atomic mass is 35.5. The predicted molar refractivity (Wildman–Crippen MR) is 190 cm³/mol. The number of halogens is 2. The van der Waals surface area contributed by atoms with Gasteiger partial charge in [-0.15, -0.1) is 11.3 Å². The fraction of sp³-hybridized carbons (Fsp3) is 0.200. The molecule has 3 heterocycles. The maximum atomic E-state index is 13.4. The van der Waals surface area contributed by atoms with Gasteiger partial charge in [0.05, 0.1) is 16.6 Å². The number of rotatable bonds is 8. The molecule has 47 heavy (non-hydrogen) atoms. The van der Waals surface area contributed by atoms with E-state index in [0.29, 0.717) is 10.8 Å². The Morgan fingerprint density at radius 3 is 2.70 bits per heavy atom. The molecule has 0 aliphatic heterocycles. The van der Waals surface area contributed by atoms with E-state index in [2.05, 4.69) is 42.7 Å². The molecule has 6 rings (SSSR count). The maximum Gasteiger partial charge on any atom is 0.221 e. The van der Waals surface area contributed by atoms with Gasteiger partial charge in [-0.3, -0.25) is 9.89 Å². The Hall–Kier alpha value is -4.84. The van der Waals surface area contributed by atoms with Gasteiger partial charge in [0.2, 0.25) is 5.91 Å². The number of nitrogens with zero attached hydrogens (tertiary/aromatic N) is 3. The Balaban J connectivity index is 0.000000304. The maximum absolute atomic E-state index is 13.4. The molecule has 0 saturated heterocycles. The van der Waals surface area contributed by atoms with E-state index in [0.717, 1.165) is 57.1 Å². The minimum Gasteiger partial charge on any atom is -0.487 e. The van der Waals surface area contributed by atoms with Crippen LogP contribution >= 0.6 is 22.9 Å². The van der Waals surface area contributed by atoms with Gasteiger partial charge in [-0.1, -0.05) is 42.5 Å².